The van der Waals surface area contributed by atoms with Gasteiger partial charge in [-0.2, -0.15) is 0 Å². The van der Waals surface area contributed by atoms with E-state index in [1.807, 2.05) is 12.1 Å². The highest BCUT2D eigenvalue weighted by atomic mass is 35.5. The fraction of sp³-hybridized carbons (Fsp3) is 0.273. The van der Waals surface area contributed by atoms with Crippen LogP contribution in [0, 0.1) is 11.6 Å². The number of fused-ring (bicyclic) bond motifs is 1. The monoisotopic (exact) mass is 416 g/mol. The zero-order valence-electron chi connectivity index (χ0n) is 16.4. The maximum Gasteiger partial charge on any atom is 0.159 e. The third-order valence-electron chi connectivity index (χ3n) is 4.66. The molecule has 0 unspecified atom stereocenters. The molecule has 7 heteroatoms. The number of anilines is 1. The molecule has 0 saturated carbocycles. The Balaban J connectivity index is 1.88. The Bertz CT molecular complexity index is 1020. The molecule has 4 nitrogen and oxygen atoms in total. The molecule has 0 radical (unpaired) electrons. The molecule has 0 saturated heterocycles. The van der Waals surface area contributed by atoms with Gasteiger partial charge < -0.3 is 10.2 Å². The van der Waals surface area contributed by atoms with Gasteiger partial charge in [-0.15, -0.1) is 0 Å². The average molecular weight is 417 g/mol. The number of hydrogen-bond acceptors (Lipinski definition) is 4. The summed E-state index contributed by atoms with van der Waals surface area (Å²) in [5, 5.41) is 4.82. The van der Waals surface area contributed by atoms with Crippen molar-refractivity contribution in [3.63, 3.8) is 0 Å². The van der Waals surface area contributed by atoms with Crippen LogP contribution in [-0.4, -0.2) is 41.0 Å². The van der Waals surface area contributed by atoms with Gasteiger partial charge in [0.1, 0.15) is 5.82 Å². The topological polar surface area (TPSA) is 41.0 Å². The Labute approximate surface area is 174 Å². The molecule has 0 aliphatic carbocycles. The van der Waals surface area contributed by atoms with Gasteiger partial charge in [0.2, 0.25) is 0 Å². The molecular formula is C22H23ClF2N4. The van der Waals surface area contributed by atoms with Crippen molar-refractivity contribution in [2.24, 2.45) is 0 Å². The van der Waals surface area contributed by atoms with Crippen LogP contribution in [0.15, 0.2) is 36.4 Å². The van der Waals surface area contributed by atoms with E-state index in [9.17, 15) is 8.78 Å². The minimum Gasteiger partial charge on any atom is -0.368 e. The summed E-state index contributed by atoms with van der Waals surface area (Å²) in [7, 11) is 0. The molecule has 1 N–H and O–H groups in total. The summed E-state index contributed by atoms with van der Waals surface area (Å²) < 4.78 is 26.5. The molecule has 2 aromatic carbocycles. The van der Waals surface area contributed by atoms with Gasteiger partial charge in [-0.25, -0.2) is 18.7 Å². The van der Waals surface area contributed by atoms with Gasteiger partial charge in [0.05, 0.1) is 5.52 Å². The first kappa shape index (κ1) is 21.1. The van der Waals surface area contributed by atoms with E-state index in [0.29, 0.717) is 22.2 Å². The number of nitrogens with zero attached hydrogens (tertiary/aromatic N) is 3. The van der Waals surface area contributed by atoms with Crippen LogP contribution in [0.3, 0.4) is 0 Å². The average Bonchev–Trinajstić information content (AvgIpc) is 2.72. The van der Waals surface area contributed by atoms with Gasteiger partial charge in [-0.1, -0.05) is 37.6 Å². The van der Waals surface area contributed by atoms with Gasteiger partial charge >= 0.3 is 0 Å². The quantitative estimate of drug-likeness (QED) is 0.527. The second-order valence-electron chi connectivity index (χ2n) is 6.55. The zero-order valence-corrected chi connectivity index (χ0v) is 17.2. The van der Waals surface area contributed by atoms with Gasteiger partial charge in [0, 0.05) is 23.5 Å². The summed E-state index contributed by atoms with van der Waals surface area (Å²) in [6.45, 7) is 7.84. The molecule has 0 spiro atoms. The molecule has 0 fully saturated rings. The Kier molecular flexibility index (Phi) is 7.12. The van der Waals surface area contributed by atoms with E-state index in [1.54, 1.807) is 18.2 Å². The van der Waals surface area contributed by atoms with Crippen LogP contribution in [0.5, 0.6) is 0 Å². The van der Waals surface area contributed by atoms with E-state index in [1.165, 1.54) is 6.07 Å². The second-order valence-corrected chi connectivity index (χ2v) is 6.99. The fourth-order valence-electron chi connectivity index (χ4n) is 2.99. The normalized spacial score (nSPS) is 11.7. The summed E-state index contributed by atoms with van der Waals surface area (Å²) in [5.41, 5.74) is 1.28. The summed E-state index contributed by atoms with van der Waals surface area (Å²) in [4.78, 5) is 11.4. The smallest absolute Gasteiger partial charge is 0.159 e. The standard InChI is InChI=1S/C22H23ClF2N4/c1-3-29(4-2)12-11-26-22-17-14-16(23)7-9-20(17)27-21(28-22)10-6-15-5-8-18(24)19(25)13-15/h5-10,13-14H,3-4,11-12H2,1-2H3,(H,26,27,28)/b10-6+. The largest absolute Gasteiger partial charge is 0.368 e. The lowest BCUT2D eigenvalue weighted by Gasteiger charge is -2.18. The minimum atomic E-state index is -0.889. The van der Waals surface area contributed by atoms with E-state index >= 15 is 0 Å². The van der Waals surface area contributed by atoms with Crippen molar-refractivity contribution in [3.8, 4) is 0 Å². The van der Waals surface area contributed by atoms with Crippen molar-refractivity contribution in [1.82, 2.24) is 14.9 Å². The van der Waals surface area contributed by atoms with Crippen molar-refractivity contribution in [3.05, 3.63) is 64.4 Å². The minimum absolute atomic E-state index is 0.467. The number of hydrogen-bond donors (Lipinski definition) is 1. The predicted octanol–water partition coefficient (Wildman–Crippen LogP) is 5.49. The number of rotatable bonds is 8. The van der Waals surface area contributed by atoms with Crippen LogP contribution in [0.4, 0.5) is 14.6 Å². The molecule has 3 rings (SSSR count). The van der Waals surface area contributed by atoms with Gasteiger partial charge in [0.15, 0.2) is 17.5 Å². The van der Waals surface area contributed by atoms with E-state index < -0.39 is 11.6 Å². The van der Waals surface area contributed by atoms with Crippen molar-refractivity contribution >= 4 is 40.5 Å². The highest BCUT2D eigenvalue weighted by Crippen LogP contribution is 2.24. The lowest BCUT2D eigenvalue weighted by atomic mass is 10.2. The molecule has 1 heterocycles. The Morgan fingerprint density at radius 2 is 1.79 bits per heavy atom. The van der Waals surface area contributed by atoms with Crippen LogP contribution in [0.25, 0.3) is 23.1 Å². The summed E-state index contributed by atoms with van der Waals surface area (Å²) in [5.74, 6) is -0.606. The van der Waals surface area contributed by atoms with Crippen LogP contribution >= 0.6 is 11.6 Å². The molecule has 29 heavy (non-hydrogen) atoms. The molecule has 0 amide bonds. The van der Waals surface area contributed by atoms with Crippen LogP contribution in [-0.2, 0) is 0 Å². The number of halogens is 3. The highest BCUT2D eigenvalue weighted by Gasteiger charge is 2.08. The molecule has 0 aliphatic heterocycles. The van der Waals surface area contributed by atoms with Crippen LogP contribution < -0.4 is 5.32 Å². The summed E-state index contributed by atoms with van der Waals surface area (Å²) >= 11 is 6.16. The van der Waals surface area contributed by atoms with Crippen molar-refractivity contribution in [2.75, 3.05) is 31.5 Å². The Hall–Kier alpha value is -2.57. The molecular weight excluding hydrogens is 394 g/mol. The van der Waals surface area contributed by atoms with E-state index in [2.05, 4.69) is 34.0 Å². The third-order valence-corrected chi connectivity index (χ3v) is 4.89. The van der Waals surface area contributed by atoms with E-state index in [-0.39, 0.29) is 0 Å². The SMILES string of the molecule is CCN(CC)CCNc1nc(/C=C/c2ccc(F)c(F)c2)nc2ccc(Cl)cc12. The Morgan fingerprint density at radius 3 is 2.52 bits per heavy atom. The lowest BCUT2D eigenvalue weighted by molar-refractivity contribution is 0.316. The molecule has 0 atom stereocenters. The first-order valence-corrected chi connectivity index (χ1v) is 9.94. The van der Waals surface area contributed by atoms with Gasteiger partial charge in [-0.3, -0.25) is 0 Å². The van der Waals surface area contributed by atoms with E-state index in [4.69, 9.17) is 11.6 Å². The van der Waals surface area contributed by atoms with Crippen molar-refractivity contribution < 1.29 is 8.78 Å². The Morgan fingerprint density at radius 1 is 1.00 bits per heavy atom. The molecule has 0 bridgehead atoms. The van der Waals surface area contributed by atoms with Crippen LogP contribution in [0.2, 0.25) is 5.02 Å². The van der Waals surface area contributed by atoms with Crippen molar-refractivity contribution in [1.29, 1.82) is 0 Å². The van der Waals surface area contributed by atoms with Crippen molar-refractivity contribution in [2.45, 2.75) is 13.8 Å². The molecule has 3 aromatic rings. The third kappa shape index (κ3) is 5.49. The predicted molar refractivity (Wildman–Crippen MR) is 116 cm³/mol. The lowest BCUT2D eigenvalue weighted by Crippen LogP contribution is -2.28. The fourth-order valence-corrected chi connectivity index (χ4v) is 3.16. The number of benzene rings is 2. The summed E-state index contributed by atoms with van der Waals surface area (Å²) in [6, 6.07) is 9.18. The molecule has 152 valence electrons. The number of nitrogens with one attached hydrogen (secondary N) is 1. The maximum absolute atomic E-state index is 13.4. The van der Waals surface area contributed by atoms with Gasteiger partial charge in [0.25, 0.3) is 0 Å². The van der Waals surface area contributed by atoms with E-state index in [0.717, 1.165) is 49.2 Å². The maximum atomic E-state index is 13.4. The second kappa shape index (κ2) is 9.76. The molecule has 0 aliphatic rings. The number of likely N-dealkylation sites (N-methyl/N-ethyl adjacent to an activating group) is 1. The highest BCUT2D eigenvalue weighted by molar-refractivity contribution is 6.31. The first-order valence-electron chi connectivity index (χ1n) is 9.56. The van der Waals surface area contributed by atoms with Gasteiger partial charge in [-0.05, 0) is 55.1 Å². The number of aromatic nitrogens is 2. The molecule has 1 aromatic heterocycles. The first-order chi connectivity index (χ1) is 14.0. The summed E-state index contributed by atoms with van der Waals surface area (Å²) in [6.07, 6.45) is 3.33. The van der Waals surface area contributed by atoms with Crippen LogP contribution in [0.1, 0.15) is 25.2 Å². The zero-order chi connectivity index (χ0) is 20.8.